The summed E-state index contributed by atoms with van der Waals surface area (Å²) in [6, 6.07) is 14.1. The summed E-state index contributed by atoms with van der Waals surface area (Å²) in [6.45, 7) is 1.77. The van der Waals surface area contributed by atoms with E-state index in [0.717, 1.165) is 24.8 Å². The van der Waals surface area contributed by atoms with Crippen molar-refractivity contribution in [1.29, 1.82) is 0 Å². The largest absolute Gasteiger partial charge is 0.454 e. The van der Waals surface area contributed by atoms with E-state index in [2.05, 4.69) is 5.32 Å². The monoisotopic (exact) mass is 447 g/mol. The minimum atomic E-state index is -0.368. The fourth-order valence-corrected chi connectivity index (χ4v) is 4.39. The number of carbonyl (C=O) groups is 2. The lowest BCUT2D eigenvalue weighted by Gasteiger charge is -2.27. The maximum absolute atomic E-state index is 13.1. The van der Waals surface area contributed by atoms with Gasteiger partial charge in [-0.15, -0.1) is 0 Å². The maximum Gasteiger partial charge on any atom is 0.254 e. The first-order valence-electron chi connectivity index (χ1n) is 11.2. The van der Waals surface area contributed by atoms with Crippen molar-refractivity contribution in [1.82, 2.24) is 14.8 Å². The Bertz CT molecular complexity index is 1280. The van der Waals surface area contributed by atoms with Crippen LogP contribution in [0.25, 0.3) is 10.9 Å². The third-order valence-electron chi connectivity index (χ3n) is 6.12. The number of pyridine rings is 1. The smallest absolute Gasteiger partial charge is 0.254 e. The lowest BCUT2D eigenvalue weighted by molar-refractivity contribution is -0.121. The van der Waals surface area contributed by atoms with E-state index in [1.165, 1.54) is 10.6 Å². The molecule has 1 fully saturated rings. The van der Waals surface area contributed by atoms with E-state index in [0.29, 0.717) is 47.6 Å². The van der Waals surface area contributed by atoms with Gasteiger partial charge in [-0.1, -0.05) is 24.3 Å². The molecule has 0 radical (unpaired) electrons. The zero-order chi connectivity index (χ0) is 22.8. The zero-order valence-corrected chi connectivity index (χ0v) is 18.2. The van der Waals surface area contributed by atoms with Crippen LogP contribution in [-0.2, 0) is 17.9 Å². The first-order valence-corrected chi connectivity index (χ1v) is 11.2. The highest BCUT2D eigenvalue weighted by atomic mass is 16.7. The van der Waals surface area contributed by atoms with Gasteiger partial charge in [0.15, 0.2) is 11.5 Å². The topological polar surface area (TPSA) is 89.9 Å². The number of ether oxygens (including phenoxy) is 2. The van der Waals surface area contributed by atoms with E-state index in [1.54, 1.807) is 18.2 Å². The van der Waals surface area contributed by atoms with Crippen molar-refractivity contribution in [3.63, 3.8) is 0 Å². The molecule has 0 bridgehead atoms. The second-order valence-electron chi connectivity index (χ2n) is 8.32. The van der Waals surface area contributed by atoms with Gasteiger partial charge in [0.05, 0.1) is 11.1 Å². The SMILES string of the molecule is O=C(Cn1c(=O)cc(C(=O)N2CCCCC2)c2ccccc21)NCc1ccc2c(c1)OCO2. The molecule has 2 aliphatic heterocycles. The van der Waals surface area contributed by atoms with E-state index in [1.807, 2.05) is 29.2 Å². The van der Waals surface area contributed by atoms with Crippen molar-refractivity contribution in [2.24, 2.45) is 0 Å². The predicted octanol–water partition coefficient (Wildman–Crippen LogP) is 2.67. The van der Waals surface area contributed by atoms with Gasteiger partial charge in [-0.05, 0) is 43.0 Å². The van der Waals surface area contributed by atoms with Crippen LogP contribution in [0.4, 0.5) is 0 Å². The minimum Gasteiger partial charge on any atom is -0.454 e. The van der Waals surface area contributed by atoms with E-state index in [-0.39, 0.29) is 30.7 Å². The maximum atomic E-state index is 13.1. The van der Waals surface area contributed by atoms with Gasteiger partial charge in [-0.25, -0.2) is 0 Å². The van der Waals surface area contributed by atoms with E-state index in [9.17, 15) is 14.4 Å². The van der Waals surface area contributed by atoms with Crippen molar-refractivity contribution < 1.29 is 19.1 Å². The Balaban J connectivity index is 1.36. The summed E-state index contributed by atoms with van der Waals surface area (Å²) in [7, 11) is 0. The Morgan fingerprint density at radius 1 is 0.939 bits per heavy atom. The molecule has 8 nitrogen and oxygen atoms in total. The van der Waals surface area contributed by atoms with Crippen LogP contribution in [0, 0.1) is 0 Å². The lowest BCUT2D eigenvalue weighted by Crippen LogP contribution is -2.37. The zero-order valence-electron chi connectivity index (χ0n) is 18.2. The molecular weight excluding hydrogens is 422 g/mol. The lowest BCUT2D eigenvalue weighted by atomic mass is 10.0. The van der Waals surface area contributed by atoms with Gasteiger partial charge in [0, 0.05) is 31.1 Å². The molecule has 0 atom stereocenters. The van der Waals surface area contributed by atoms with Gasteiger partial charge in [0.1, 0.15) is 6.54 Å². The van der Waals surface area contributed by atoms with Crippen LogP contribution in [0.1, 0.15) is 35.2 Å². The third-order valence-corrected chi connectivity index (χ3v) is 6.12. The third kappa shape index (κ3) is 4.28. The number of nitrogens with zero attached hydrogens (tertiary/aromatic N) is 2. The fourth-order valence-electron chi connectivity index (χ4n) is 4.39. The Hall–Kier alpha value is -3.81. The number of nitrogens with one attached hydrogen (secondary N) is 1. The molecular formula is C25H25N3O5. The average Bonchev–Trinajstić information content (AvgIpc) is 3.32. The minimum absolute atomic E-state index is 0.123. The van der Waals surface area contributed by atoms with Crippen molar-refractivity contribution in [3.8, 4) is 11.5 Å². The predicted molar refractivity (Wildman–Crippen MR) is 122 cm³/mol. The number of piperidine rings is 1. The summed E-state index contributed by atoms with van der Waals surface area (Å²) < 4.78 is 12.1. The van der Waals surface area contributed by atoms with Crippen LogP contribution in [0.15, 0.2) is 53.3 Å². The van der Waals surface area contributed by atoms with Gasteiger partial charge in [-0.3, -0.25) is 19.0 Å². The average molecular weight is 447 g/mol. The number of para-hydroxylation sites is 1. The number of aromatic nitrogens is 1. The highest BCUT2D eigenvalue weighted by Crippen LogP contribution is 2.32. The number of amides is 2. The molecule has 3 aromatic rings. The molecule has 2 aromatic carbocycles. The summed E-state index contributed by atoms with van der Waals surface area (Å²) >= 11 is 0. The molecule has 33 heavy (non-hydrogen) atoms. The number of benzene rings is 2. The van der Waals surface area contributed by atoms with Gasteiger partial charge in [0.25, 0.3) is 11.5 Å². The Morgan fingerprint density at radius 2 is 1.73 bits per heavy atom. The molecule has 5 rings (SSSR count). The molecule has 170 valence electrons. The molecule has 0 aliphatic carbocycles. The van der Waals surface area contributed by atoms with Crippen LogP contribution in [0.2, 0.25) is 0 Å². The Kier molecular flexibility index (Phi) is 5.73. The van der Waals surface area contributed by atoms with E-state index in [4.69, 9.17) is 9.47 Å². The summed E-state index contributed by atoms with van der Waals surface area (Å²) in [5, 5.41) is 3.53. The second kappa shape index (κ2) is 8.97. The normalized spacial score (nSPS) is 15.0. The van der Waals surface area contributed by atoms with Gasteiger partial charge < -0.3 is 19.7 Å². The quantitative estimate of drug-likeness (QED) is 0.650. The Morgan fingerprint density at radius 3 is 2.58 bits per heavy atom. The van der Waals surface area contributed by atoms with Gasteiger partial charge >= 0.3 is 0 Å². The van der Waals surface area contributed by atoms with Crippen molar-refractivity contribution >= 4 is 22.7 Å². The molecule has 0 saturated carbocycles. The Labute approximate surface area is 190 Å². The van der Waals surface area contributed by atoms with Gasteiger partial charge in [0.2, 0.25) is 12.7 Å². The molecule has 3 heterocycles. The van der Waals surface area contributed by atoms with Crippen molar-refractivity contribution in [3.05, 3.63) is 70.0 Å². The first-order chi connectivity index (χ1) is 16.1. The summed E-state index contributed by atoms with van der Waals surface area (Å²) in [4.78, 5) is 40.6. The molecule has 1 aromatic heterocycles. The van der Waals surface area contributed by atoms with E-state index < -0.39 is 0 Å². The first kappa shape index (κ1) is 21.1. The fraction of sp³-hybridized carbons (Fsp3) is 0.320. The molecule has 8 heteroatoms. The van der Waals surface area contributed by atoms with E-state index >= 15 is 0 Å². The highest BCUT2D eigenvalue weighted by molar-refractivity contribution is 6.06. The molecule has 0 spiro atoms. The van der Waals surface area contributed by atoms with Crippen LogP contribution < -0.4 is 20.3 Å². The summed E-state index contributed by atoms with van der Waals surface area (Å²) in [5.41, 5.74) is 1.47. The number of hydrogen-bond acceptors (Lipinski definition) is 5. The summed E-state index contributed by atoms with van der Waals surface area (Å²) in [5.74, 6) is 0.914. The van der Waals surface area contributed by atoms with Crippen molar-refractivity contribution in [2.45, 2.75) is 32.4 Å². The molecule has 1 N–H and O–H groups in total. The van der Waals surface area contributed by atoms with Crippen LogP contribution in [0.5, 0.6) is 11.5 Å². The number of likely N-dealkylation sites (tertiary alicyclic amines) is 1. The molecule has 2 amide bonds. The molecule has 0 unspecified atom stereocenters. The van der Waals surface area contributed by atoms with Gasteiger partial charge in [-0.2, -0.15) is 0 Å². The van der Waals surface area contributed by atoms with Crippen LogP contribution >= 0.6 is 0 Å². The van der Waals surface area contributed by atoms with Crippen molar-refractivity contribution in [2.75, 3.05) is 19.9 Å². The van der Waals surface area contributed by atoms with Crippen LogP contribution in [-0.4, -0.2) is 41.2 Å². The highest BCUT2D eigenvalue weighted by Gasteiger charge is 2.22. The molecule has 2 aliphatic rings. The number of fused-ring (bicyclic) bond motifs is 2. The standard InChI is InChI=1S/C25H25N3O5/c29-23(26-14-17-8-9-21-22(12-17)33-16-32-21)15-28-20-7-3-2-6-18(20)19(13-24(28)30)25(31)27-10-4-1-5-11-27/h2-3,6-9,12-13H,1,4-5,10-11,14-16H2,(H,26,29). The number of rotatable bonds is 5. The number of carbonyl (C=O) groups excluding carboxylic acids is 2. The second-order valence-corrected chi connectivity index (χ2v) is 8.32. The van der Waals surface area contributed by atoms with Crippen LogP contribution in [0.3, 0.4) is 0 Å². The molecule has 1 saturated heterocycles. The number of hydrogen-bond donors (Lipinski definition) is 1. The summed E-state index contributed by atoms with van der Waals surface area (Å²) in [6.07, 6.45) is 3.07.